The van der Waals surface area contributed by atoms with Gasteiger partial charge in [-0.05, 0) is 43.9 Å². The highest BCUT2D eigenvalue weighted by atomic mass is 16.5. The third-order valence-corrected chi connectivity index (χ3v) is 3.75. The van der Waals surface area contributed by atoms with E-state index in [1.807, 2.05) is 25.1 Å². The molecule has 1 aliphatic rings. The molecule has 1 fully saturated rings. The van der Waals surface area contributed by atoms with E-state index in [9.17, 15) is 0 Å². The zero-order valence-corrected chi connectivity index (χ0v) is 12.0. The average Bonchev–Trinajstić information content (AvgIpc) is 2.39. The standard InChI is InChI=1S/C16H25NO2/c1-3-18-16-8-7-14(17)10-13(16)11-19-15-6-4-5-12(2)9-15/h7-8,10,12,15H,3-6,9,11,17H2,1-2H3. The first-order valence-electron chi connectivity index (χ1n) is 7.31. The number of nitrogen functional groups attached to an aromatic ring is 1. The summed E-state index contributed by atoms with van der Waals surface area (Å²) in [7, 11) is 0. The van der Waals surface area contributed by atoms with Gasteiger partial charge in [0, 0.05) is 11.3 Å². The summed E-state index contributed by atoms with van der Waals surface area (Å²) in [5.74, 6) is 1.67. The Hall–Kier alpha value is -1.22. The number of benzene rings is 1. The normalized spacial score (nSPS) is 23.3. The van der Waals surface area contributed by atoms with Gasteiger partial charge in [-0.1, -0.05) is 19.8 Å². The quantitative estimate of drug-likeness (QED) is 0.823. The van der Waals surface area contributed by atoms with Crippen molar-refractivity contribution in [2.24, 2.45) is 5.92 Å². The van der Waals surface area contributed by atoms with Crippen molar-refractivity contribution in [2.75, 3.05) is 12.3 Å². The Labute approximate surface area is 116 Å². The largest absolute Gasteiger partial charge is 0.494 e. The topological polar surface area (TPSA) is 44.5 Å². The van der Waals surface area contributed by atoms with E-state index in [1.54, 1.807) is 0 Å². The molecule has 1 aliphatic carbocycles. The first-order chi connectivity index (χ1) is 9.19. The summed E-state index contributed by atoms with van der Waals surface area (Å²) >= 11 is 0. The molecule has 1 saturated carbocycles. The van der Waals surface area contributed by atoms with Crippen LogP contribution >= 0.6 is 0 Å². The first-order valence-corrected chi connectivity index (χ1v) is 7.31. The fourth-order valence-corrected chi connectivity index (χ4v) is 2.75. The molecule has 2 rings (SSSR count). The molecule has 0 aromatic heterocycles. The van der Waals surface area contributed by atoms with Crippen LogP contribution in [0.25, 0.3) is 0 Å². The molecular weight excluding hydrogens is 238 g/mol. The van der Waals surface area contributed by atoms with Crippen molar-refractivity contribution in [3.8, 4) is 5.75 Å². The Bertz CT molecular complexity index is 406. The average molecular weight is 263 g/mol. The lowest BCUT2D eigenvalue weighted by Crippen LogP contribution is -2.21. The van der Waals surface area contributed by atoms with Crippen molar-refractivity contribution >= 4 is 5.69 Å². The molecule has 3 heteroatoms. The molecule has 2 N–H and O–H groups in total. The minimum absolute atomic E-state index is 0.389. The number of hydrogen-bond donors (Lipinski definition) is 1. The number of ether oxygens (including phenoxy) is 2. The van der Waals surface area contributed by atoms with E-state index in [4.69, 9.17) is 15.2 Å². The molecule has 0 radical (unpaired) electrons. The van der Waals surface area contributed by atoms with E-state index < -0.39 is 0 Å². The summed E-state index contributed by atoms with van der Waals surface area (Å²) in [5.41, 5.74) is 7.66. The van der Waals surface area contributed by atoms with Gasteiger partial charge in [0.15, 0.2) is 0 Å². The highest BCUT2D eigenvalue weighted by Gasteiger charge is 2.19. The number of nitrogens with two attached hydrogens (primary N) is 1. The highest BCUT2D eigenvalue weighted by molar-refractivity contribution is 5.47. The lowest BCUT2D eigenvalue weighted by atomic mass is 9.89. The molecule has 0 spiro atoms. The van der Waals surface area contributed by atoms with Gasteiger partial charge in [-0.15, -0.1) is 0 Å². The molecule has 0 saturated heterocycles. The van der Waals surface area contributed by atoms with Gasteiger partial charge in [0.2, 0.25) is 0 Å². The number of hydrogen-bond acceptors (Lipinski definition) is 3. The Kier molecular flexibility index (Phi) is 5.08. The van der Waals surface area contributed by atoms with Crippen LogP contribution in [0.2, 0.25) is 0 Å². The second-order valence-electron chi connectivity index (χ2n) is 5.50. The first kappa shape index (κ1) is 14.2. The van der Waals surface area contributed by atoms with Crippen molar-refractivity contribution in [1.82, 2.24) is 0 Å². The molecular formula is C16H25NO2. The monoisotopic (exact) mass is 263 g/mol. The SMILES string of the molecule is CCOc1ccc(N)cc1COC1CCCC(C)C1. The van der Waals surface area contributed by atoms with Gasteiger partial charge in [-0.25, -0.2) is 0 Å². The molecule has 2 atom stereocenters. The van der Waals surface area contributed by atoms with Crippen LogP contribution in [0.4, 0.5) is 5.69 Å². The van der Waals surface area contributed by atoms with Crippen LogP contribution in [0.1, 0.15) is 45.1 Å². The second-order valence-corrected chi connectivity index (χ2v) is 5.50. The molecule has 106 valence electrons. The van der Waals surface area contributed by atoms with E-state index in [2.05, 4.69) is 6.92 Å². The Balaban J connectivity index is 1.95. The highest BCUT2D eigenvalue weighted by Crippen LogP contribution is 2.28. The Morgan fingerprint density at radius 1 is 1.32 bits per heavy atom. The van der Waals surface area contributed by atoms with Gasteiger partial charge in [0.1, 0.15) is 5.75 Å². The predicted molar refractivity (Wildman–Crippen MR) is 78.2 cm³/mol. The predicted octanol–water partition coefficient (Wildman–Crippen LogP) is 3.76. The van der Waals surface area contributed by atoms with Crippen LogP contribution in [0.15, 0.2) is 18.2 Å². The third kappa shape index (κ3) is 4.13. The van der Waals surface area contributed by atoms with Crippen LogP contribution in [0.5, 0.6) is 5.75 Å². The third-order valence-electron chi connectivity index (χ3n) is 3.75. The molecule has 1 aromatic carbocycles. The lowest BCUT2D eigenvalue weighted by Gasteiger charge is -2.27. The van der Waals surface area contributed by atoms with Gasteiger partial charge in [-0.2, -0.15) is 0 Å². The second kappa shape index (κ2) is 6.80. The van der Waals surface area contributed by atoms with Crippen molar-refractivity contribution in [2.45, 2.75) is 52.2 Å². The summed E-state index contributed by atoms with van der Waals surface area (Å²) < 4.78 is 11.7. The summed E-state index contributed by atoms with van der Waals surface area (Å²) in [6.07, 6.45) is 5.35. The molecule has 0 bridgehead atoms. The lowest BCUT2D eigenvalue weighted by molar-refractivity contribution is 0.00383. The minimum Gasteiger partial charge on any atom is -0.494 e. The maximum atomic E-state index is 6.05. The van der Waals surface area contributed by atoms with E-state index in [-0.39, 0.29) is 0 Å². The van der Waals surface area contributed by atoms with Gasteiger partial charge in [0.25, 0.3) is 0 Å². The molecule has 3 nitrogen and oxygen atoms in total. The Morgan fingerprint density at radius 2 is 2.16 bits per heavy atom. The van der Waals surface area contributed by atoms with Gasteiger partial charge >= 0.3 is 0 Å². The maximum absolute atomic E-state index is 6.05. The maximum Gasteiger partial charge on any atom is 0.124 e. The van der Waals surface area contributed by atoms with Gasteiger partial charge in [-0.3, -0.25) is 0 Å². The van der Waals surface area contributed by atoms with E-state index in [0.717, 1.165) is 22.9 Å². The van der Waals surface area contributed by atoms with Crippen LogP contribution in [0.3, 0.4) is 0 Å². The molecule has 1 aromatic rings. The van der Waals surface area contributed by atoms with Crippen LogP contribution < -0.4 is 10.5 Å². The summed E-state index contributed by atoms with van der Waals surface area (Å²) in [6, 6.07) is 5.76. The summed E-state index contributed by atoms with van der Waals surface area (Å²) in [5, 5.41) is 0. The van der Waals surface area contributed by atoms with Crippen molar-refractivity contribution in [3.63, 3.8) is 0 Å². The molecule has 0 amide bonds. The fraction of sp³-hybridized carbons (Fsp3) is 0.625. The summed E-state index contributed by atoms with van der Waals surface area (Å²) in [4.78, 5) is 0. The van der Waals surface area contributed by atoms with E-state index in [1.165, 1.54) is 25.7 Å². The molecule has 0 aliphatic heterocycles. The molecule has 0 heterocycles. The smallest absolute Gasteiger partial charge is 0.124 e. The van der Waals surface area contributed by atoms with Gasteiger partial charge in [0.05, 0.1) is 19.3 Å². The van der Waals surface area contributed by atoms with Gasteiger partial charge < -0.3 is 15.2 Å². The van der Waals surface area contributed by atoms with Crippen molar-refractivity contribution in [1.29, 1.82) is 0 Å². The Morgan fingerprint density at radius 3 is 2.89 bits per heavy atom. The van der Waals surface area contributed by atoms with Crippen LogP contribution in [0, 0.1) is 5.92 Å². The van der Waals surface area contributed by atoms with E-state index in [0.29, 0.717) is 19.3 Å². The molecule has 19 heavy (non-hydrogen) atoms. The number of rotatable bonds is 5. The minimum atomic E-state index is 0.389. The molecule has 2 unspecified atom stereocenters. The van der Waals surface area contributed by atoms with Crippen molar-refractivity contribution in [3.05, 3.63) is 23.8 Å². The number of anilines is 1. The van der Waals surface area contributed by atoms with Crippen molar-refractivity contribution < 1.29 is 9.47 Å². The van der Waals surface area contributed by atoms with E-state index >= 15 is 0 Å². The van der Waals surface area contributed by atoms with Crippen LogP contribution in [-0.2, 0) is 11.3 Å². The van der Waals surface area contributed by atoms with Crippen LogP contribution in [-0.4, -0.2) is 12.7 Å². The fourth-order valence-electron chi connectivity index (χ4n) is 2.75. The zero-order chi connectivity index (χ0) is 13.7. The summed E-state index contributed by atoms with van der Waals surface area (Å²) in [6.45, 7) is 5.56. The zero-order valence-electron chi connectivity index (χ0n) is 12.0.